The van der Waals surface area contributed by atoms with E-state index in [1.165, 1.54) is 12.1 Å². The zero-order valence-corrected chi connectivity index (χ0v) is 11.1. The van der Waals surface area contributed by atoms with E-state index >= 15 is 0 Å². The van der Waals surface area contributed by atoms with Crippen LogP contribution in [0, 0.1) is 5.82 Å². The zero-order chi connectivity index (χ0) is 14.1. The average Bonchev–Trinajstić information content (AvgIpc) is 2.77. The molecular weight excluding hydrogens is 255 g/mol. The summed E-state index contributed by atoms with van der Waals surface area (Å²) >= 11 is 0. The third kappa shape index (κ3) is 2.30. The fourth-order valence-corrected chi connectivity index (χ4v) is 2.35. The van der Waals surface area contributed by atoms with Crippen molar-refractivity contribution < 1.29 is 9.50 Å². The lowest BCUT2D eigenvalue weighted by molar-refractivity contribution is 0.175. The lowest BCUT2D eigenvalue weighted by Gasteiger charge is -2.10. The van der Waals surface area contributed by atoms with E-state index in [0.29, 0.717) is 12.0 Å². The molecule has 1 atom stereocenters. The molecule has 1 unspecified atom stereocenters. The normalized spacial score (nSPS) is 12.8. The van der Waals surface area contributed by atoms with Gasteiger partial charge in [-0.05, 0) is 29.8 Å². The first-order valence-electron chi connectivity index (χ1n) is 6.49. The summed E-state index contributed by atoms with van der Waals surface area (Å²) in [5.41, 5.74) is 2.64. The lowest BCUT2D eigenvalue weighted by atomic mass is 10.1. The van der Waals surface area contributed by atoms with E-state index in [4.69, 9.17) is 0 Å². The quantitative estimate of drug-likeness (QED) is 0.794. The predicted molar refractivity (Wildman–Crippen MR) is 75.8 cm³/mol. The minimum atomic E-state index is -0.689. The Morgan fingerprint density at radius 2 is 1.85 bits per heavy atom. The zero-order valence-electron chi connectivity index (χ0n) is 11.1. The van der Waals surface area contributed by atoms with Gasteiger partial charge in [-0.25, -0.2) is 9.37 Å². The van der Waals surface area contributed by atoms with Crippen molar-refractivity contribution in [2.75, 3.05) is 0 Å². The van der Waals surface area contributed by atoms with E-state index in [0.717, 1.165) is 16.9 Å². The second-order valence-electron chi connectivity index (χ2n) is 4.85. The first-order chi connectivity index (χ1) is 9.65. The van der Waals surface area contributed by atoms with Gasteiger partial charge in [-0.3, -0.25) is 0 Å². The molecule has 1 N–H and O–H groups in total. The van der Waals surface area contributed by atoms with Gasteiger partial charge >= 0.3 is 0 Å². The molecule has 4 heteroatoms. The minimum absolute atomic E-state index is 0.302. The summed E-state index contributed by atoms with van der Waals surface area (Å²) in [7, 11) is 1.93. The van der Waals surface area contributed by atoms with Crippen LogP contribution in [0.3, 0.4) is 0 Å². The van der Waals surface area contributed by atoms with Crippen molar-refractivity contribution in [3.8, 4) is 0 Å². The standard InChI is InChI=1S/C16H15FN2O/c1-19-14-5-3-2-4-13(14)18-16(19)10-15(20)11-6-8-12(17)9-7-11/h2-9,15,20H,10H2,1H3. The van der Waals surface area contributed by atoms with Crippen molar-refractivity contribution in [2.45, 2.75) is 12.5 Å². The average molecular weight is 270 g/mol. The smallest absolute Gasteiger partial charge is 0.123 e. The summed E-state index contributed by atoms with van der Waals surface area (Å²) in [5.74, 6) is 0.506. The molecule has 0 radical (unpaired) electrons. The Morgan fingerprint density at radius 3 is 2.55 bits per heavy atom. The molecule has 0 amide bonds. The molecule has 1 aromatic heterocycles. The van der Waals surface area contributed by atoms with Gasteiger partial charge in [0.2, 0.25) is 0 Å². The van der Waals surface area contributed by atoms with E-state index in [2.05, 4.69) is 4.98 Å². The number of nitrogens with zero attached hydrogens (tertiary/aromatic N) is 2. The largest absolute Gasteiger partial charge is 0.388 e. The molecule has 102 valence electrons. The van der Waals surface area contributed by atoms with Crippen LogP contribution < -0.4 is 0 Å². The second-order valence-corrected chi connectivity index (χ2v) is 4.85. The van der Waals surface area contributed by atoms with Crippen LogP contribution in [0.4, 0.5) is 4.39 Å². The summed E-state index contributed by atoms with van der Waals surface area (Å²) in [6, 6.07) is 13.8. The number of hydrogen-bond donors (Lipinski definition) is 1. The van der Waals surface area contributed by atoms with Crippen LogP contribution in [0.1, 0.15) is 17.5 Å². The maximum Gasteiger partial charge on any atom is 0.123 e. The molecule has 2 aromatic carbocycles. The van der Waals surface area contributed by atoms with Gasteiger partial charge in [0.15, 0.2) is 0 Å². The molecule has 0 bridgehead atoms. The molecule has 20 heavy (non-hydrogen) atoms. The number of halogens is 1. The summed E-state index contributed by atoms with van der Waals surface area (Å²) in [4.78, 5) is 4.52. The summed E-state index contributed by atoms with van der Waals surface area (Å²) < 4.78 is 14.9. The molecule has 3 nitrogen and oxygen atoms in total. The molecule has 0 spiro atoms. The summed E-state index contributed by atoms with van der Waals surface area (Å²) in [5, 5.41) is 10.2. The molecule has 0 aliphatic carbocycles. The maximum absolute atomic E-state index is 12.9. The van der Waals surface area contributed by atoms with Crippen molar-refractivity contribution in [3.05, 3.63) is 65.7 Å². The van der Waals surface area contributed by atoms with Crippen LogP contribution in [-0.2, 0) is 13.5 Å². The molecule has 0 fully saturated rings. The number of aromatic nitrogens is 2. The van der Waals surface area contributed by atoms with Crippen LogP contribution in [0.2, 0.25) is 0 Å². The highest BCUT2D eigenvalue weighted by atomic mass is 19.1. The Labute approximate surface area is 116 Å². The Balaban J connectivity index is 1.89. The number of hydrogen-bond acceptors (Lipinski definition) is 2. The number of benzene rings is 2. The van der Waals surface area contributed by atoms with Gasteiger partial charge in [0.25, 0.3) is 0 Å². The van der Waals surface area contributed by atoms with E-state index in [1.54, 1.807) is 12.1 Å². The molecular formula is C16H15FN2O. The first-order valence-corrected chi connectivity index (χ1v) is 6.49. The Kier molecular flexibility index (Phi) is 3.24. The highest BCUT2D eigenvalue weighted by Crippen LogP contribution is 2.21. The third-order valence-electron chi connectivity index (χ3n) is 3.51. The van der Waals surface area contributed by atoms with Crippen molar-refractivity contribution in [1.82, 2.24) is 9.55 Å². The topological polar surface area (TPSA) is 38.0 Å². The summed E-state index contributed by atoms with van der Waals surface area (Å²) in [6.07, 6.45) is -0.289. The highest BCUT2D eigenvalue weighted by molar-refractivity contribution is 5.75. The predicted octanol–water partition coefficient (Wildman–Crippen LogP) is 2.99. The van der Waals surface area contributed by atoms with Crippen LogP contribution >= 0.6 is 0 Å². The van der Waals surface area contributed by atoms with Crippen LogP contribution in [0.5, 0.6) is 0 Å². The van der Waals surface area contributed by atoms with Crippen molar-refractivity contribution in [1.29, 1.82) is 0 Å². The first kappa shape index (κ1) is 12.8. The fourth-order valence-electron chi connectivity index (χ4n) is 2.35. The lowest BCUT2D eigenvalue weighted by Crippen LogP contribution is -2.06. The van der Waals surface area contributed by atoms with Crippen LogP contribution in [-0.4, -0.2) is 14.7 Å². The minimum Gasteiger partial charge on any atom is -0.388 e. The number of para-hydroxylation sites is 2. The molecule has 3 aromatic rings. The van der Waals surface area contributed by atoms with Crippen molar-refractivity contribution in [2.24, 2.45) is 7.05 Å². The van der Waals surface area contributed by atoms with Gasteiger partial charge in [-0.15, -0.1) is 0 Å². The molecule has 0 aliphatic rings. The number of rotatable bonds is 3. The molecule has 0 saturated carbocycles. The van der Waals surface area contributed by atoms with Crippen molar-refractivity contribution in [3.63, 3.8) is 0 Å². The van der Waals surface area contributed by atoms with Gasteiger partial charge in [0.1, 0.15) is 11.6 Å². The van der Waals surface area contributed by atoms with Gasteiger partial charge in [0.05, 0.1) is 17.1 Å². The van der Waals surface area contributed by atoms with E-state index in [-0.39, 0.29) is 5.82 Å². The Bertz CT molecular complexity index is 734. The highest BCUT2D eigenvalue weighted by Gasteiger charge is 2.14. The van der Waals surface area contributed by atoms with E-state index in [9.17, 15) is 9.50 Å². The third-order valence-corrected chi connectivity index (χ3v) is 3.51. The van der Waals surface area contributed by atoms with Gasteiger partial charge in [-0.2, -0.15) is 0 Å². The number of imidazole rings is 1. The van der Waals surface area contributed by atoms with Gasteiger partial charge < -0.3 is 9.67 Å². The van der Waals surface area contributed by atoms with Crippen molar-refractivity contribution >= 4 is 11.0 Å². The van der Waals surface area contributed by atoms with E-state index < -0.39 is 6.10 Å². The monoisotopic (exact) mass is 270 g/mol. The molecule has 3 rings (SSSR count). The molecule has 0 aliphatic heterocycles. The van der Waals surface area contributed by atoms with Crippen LogP contribution in [0.15, 0.2) is 48.5 Å². The number of aryl methyl sites for hydroxylation is 1. The fraction of sp³-hybridized carbons (Fsp3) is 0.188. The summed E-state index contributed by atoms with van der Waals surface area (Å²) in [6.45, 7) is 0. The van der Waals surface area contributed by atoms with Gasteiger partial charge in [0, 0.05) is 13.5 Å². The number of aliphatic hydroxyl groups excluding tert-OH is 1. The number of fused-ring (bicyclic) bond motifs is 1. The molecule has 1 heterocycles. The Hall–Kier alpha value is -2.20. The SMILES string of the molecule is Cn1c(CC(O)c2ccc(F)cc2)nc2ccccc21. The maximum atomic E-state index is 12.9. The Morgan fingerprint density at radius 1 is 1.15 bits per heavy atom. The van der Waals surface area contributed by atoms with E-state index in [1.807, 2.05) is 35.9 Å². The second kappa shape index (κ2) is 5.06. The van der Waals surface area contributed by atoms with Crippen LogP contribution in [0.25, 0.3) is 11.0 Å². The number of aliphatic hydroxyl groups is 1. The molecule has 0 saturated heterocycles. The van der Waals surface area contributed by atoms with Gasteiger partial charge in [-0.1, -0.05) is 24.3 Å².